The summed E-state index contributed by atoms with van der Waals surface area (Å²) in [4.78, 5) is 17.2. The van der Waals surface area contributed by atoms with E-state index in [2.05, 4.69) is 15.3 Å². The number of rotatable bonds is 5. The molecule has 0 aromatic carbocycles. The van der Waals surface area contributed by atoms with Gasteiger partial charge in [0.25, 0.3) is 10.2 Å². The molecule has 1 spiro atoms. The van der Waals surface area contributed by atoms with Crippen LogP contribution in [0.25, 0.3) is 0 Å². The Morgan fingerprint density at radius 2 is 1.97 bits per heavy atom. The monoisotopic (exact) mass is 469 g/mol. The maximum Gasteiger partial charge on any atom is 0.490 e. The summed E-state index contributed by atoms with van der Waals surface area (Å²) < 4.78 is 65.5. The predicted octanol–water partition coefficient (Wildman–Crippen LogP) is 1.34. The predicted molar refractivity (Wildman–Crippen MR) is 104 cm³/mol. The van der Waals surface area contributed by atoms with E-state index in [4.69, 9.17) is 14.6 Å². The van der Waals surface area contributed by atoms with Gasteiger partial charge in [0.2, 0.25) is 5.95 Å². The number of aromatic nitrogens is 2. The number of hydrogen-bond acceptors (Lipinski definition) is 7. The molecule has 1 aromatic rings. The van der Waals surface area contributed by atoms with Gasteiger partial charge in [0.05, 0.1) is 11.7 Å². The maximum absolute atomic E-state index is 12.3. The third-order valence-corrected chi connectivity index (χ3v) is 6.83. The summed E-state index contributed by atoms with van der Waals surface area (Å²) in [5.74, 6) is -2.17. The molecule has 2 fully saturated rings. The van der Waals surface area contributed by atoms with Crippen LogP contribution >= 0.6 is 0 Å². The second-order valence-corrected chi connectivity index (χ2v) is 9.59. The van der Waals surface area contributed by atoms with E-state index in [1.54, 1.807) is 32.6 Å². The Bertz CT molecular complexity index is 840. The highest BCUT2D eigenvalue weighted by Gasteiger charge is 2.46. The zero-order chi connectivity index (χ0) is 23.3. The van der Waals surface area contributed by atoms with Crippen LogP contribution in [0.5, 0.6) is 0 Å². The van der Waals surface area contributed by atoms with Gasteiger partial charge in [-0.15, -0.1) is 0 Å². The number of anilines is 1. The Labute approximate surface area is 178 Å². The fourth-order valence-corrected chi connectivity index (χ4v) is 4.58. The van der Waals surface area contributed by atoms with Crippen LogP contribution in [0.4, 0.5) is 19.1 Å². The number of carboxylic acids is 1. The zero-order valence-corrected chi connectivity index (χ0v) is 18.0. The minimum atomic E-state index is -5.08. The fourth-order valence-electron chi connectivity index (χ4n) is 3.40. The third kappa shape index (κ3) is 6.98. The van der Waals surface area contributed by atoms with Crippen molar-refractivity contribution in [3.05, 3.63) is 18.5 Å². The third-order valence-electron chi connectivity index (χ3n) is 4.94. The highest BCUT2D eigenvalue weighted by Crippen LogP contribution is 2.37. The van der Waals surface area contributed by atoms with Gasteiger partial charge in [-0.1, -0.05) is 0 Å². The van der Waals surface area contributed by atoms with Crippen molar-refractivity contribution in [3.8, 4) is 0 Å². The molecule has 0 radical (unpaired) electrons. The minimum Gasteiger partial charge on any atom is -0.475 e. The van der Waals surface area contributed by atoms with E-state index >= 15 is 0 Å². The van der Waals surface area contributed by atoms with Crippen molar-refractivity contribution in [3.63, 3.8) is 0 Å². The quantitative estimate of drug-likeness (QED) is 0.662. The molecule has 2 aliphatic heterocycles. The van der Waals surface area contributed by atoms with Gasteiger partial charge in [-0.25, -0.2) is 14.8 Å². The number of carboxylic acid groups (broad SMARTS) is 1. The summed E-state index contributed by atoms with van der Waals surface area (Å²) in [5.41, 5.74) is -0.356. The van der Waals surface area contributed by atoms with Crippen molar-refractivity contribution in [2.75, 3.05) is 39.0 Å². The minimum absolute atomic E-state index is 0.0459. The number of aliphatic carboxylic acids is 1. The van der Waals surface area contributed by atoms with E-state index < -0.39 is 22.4 Å². The molecule has 3 rings (SSSR count). The molecule has 0 unspecified atom stereocenters. The molecule has 1 aromatic heterocycles. The van der Waals surface area contributed by atoms with Gasteiger partial charge in [0.15, 0.2) is 0 Å². The standard InChI is InChI=1S/C15H25N5O3S.C2HF3O2/c1-19(2)24(21,22)20-10-7-15(12-20)6-3-5-13(23-15)11-18-14-16-8-4-9-17-14;3-2(4,5)1(6)7/h4,8-9,13H,3,5-7,10-12H2,1-2H3,(H,16,17,18);(H,6,7)/t13-,15-;/m1./s1. The Morgan fingerprint density at radius 1 is 1.35 bits per heavy atom. The van der Waals surface area contributed by atoms with Crippen molar-refractivity contribution in [1.82, 2.24) is 18.6 Å². The average Bonchev–Trinajstić information content (AvgIpc) is 3.11. The van der Waals surface area contributed by atoms with Crippen LogP contribution in [-0.2, 0) is 19.7 Å². The first kappa shape index (κ1) is 25.2. The first-order valence-corrected chi connectivity index (χ1v) is 10.9. The number of nitrogens with zero attached hydrogens (tertiary/aromatic N) is 4. The second kappa shape index (κ2) is 10.1. The Morgan fingerprint density at radius 3 is 2.52 bits per heavy atom. The number of nitrogens with one attached hydrogen (secondary N) is 1. The van der Waals surface area contributed by atoms with Crippen LogP contribution in [0.1, 0.15) is 25.7 Å². The Hall–Kier alpha value is -2.03. The van der Waals surface area contributed by atoms with E-state index in [1.807, 2.05) is 0 Å². The lowest BCUT2D eigenvalue weighted by molar-refractivity contribution is -0.192. The van der Waals surface area contributed by atoms with Crippen LogP contribution < -0.4 is 5.32 Å². The molecule has 0 amide bonds. The molecule has 14 heteroatoms. The topological polar surface area (TPSA) is 125 Å². The van der Waals surface area contributed by atoms with Crippen LogP contribution in [0.3, 0.4) is 0 Å². The lowest BCUT2D eigenvalue weighted by Gasteiger charge is -2.38. The summed E-state index contributed by atoms with van der Waals surface area (Å²) in [6, 6.07) is 1.77. The van der Waals surface area contributed by atoms with E-state index in [0.717, 1.165) is 25.7 Å². The van der Waals surface area contributed by atoms with Crippen LogP contribution in [0.15, 0.2) is 18.5 Å². The largest absolute Gasteiger partial charge is 0.490 e. The number of carbonyl (C=O) groups is 1. The van der Waals surface area contributed by atoms with Crippen molar-refractivity contribution in [2.45, 2.75) is 43.6 Å². The van der Waals surface area contributed by atoms with Gasteiger partial charge < -0.3 is 15.2 Å². The van der Waals surface area contributed by atoms with Gasteiger partial charge >= 0.3 is 12.1 Å². The maximum atomic E-state index is 12.3. The summed E-state index contributed by atoms with van der Waals surface area (Å²) in [6.45, 7) is 1.58. The lowest BCUT2D eigenvalue weighted by atomic mass is 9.90. The number of halogens is 3. The Kier molecular flexibility index (Phi) is 8.19. The summed E-state index contributed by atoms with van der Waals surface area (Å²) >= 11 is 0. The summed E-state index contributed by atoms with van der Waals surface area (Å²) in [5, 5.41) is 10.3. The van der Waals surface area contributed by atoms with E-state index in [0.29, 0.717) is 25.6 Å². The molecule has 0 bridgehead atoms. The van der Waals surface area contributed by atoms with Gasteiger partial charge in [-0.3, -0.25) is 0 Å². The van der Waals surface area contributed by atoms with Crippen molar-refractivity contribution >= 4 is 22.1 Å². The molecule has 0 aliphatic carbocycles. The van der Waals surface area contributed by atoms with Crippen molar-refractivity contribution < 1.29 is 36.2 Å². The lowest BCUT2D eigenvalue weighted by Crippen LogP contribution is -2.47. The SMILES string of the molecule is CN(C)S(=O)(=O)N1CC[C@]2(CCC[C@H](CNc3ncccn3)O2)C1.O=C(O)C(F)(F)F. The first-order valence-electron chi connectivity index (χ1n) is 9.52. The summed E-state index contributed by atoms with van der Waals surface area (Å²) in [6.07, 6.45) is 2.01. The van der Waals surface area contributed by atoms with Gasteiger partial charge in [-0.2, -0.15) is 30.2 Å². The normalized spacial score (nSPS) is 24.6. The molecule has 2 aliphatic rings. The molecule has 176 valence electrons. The molecular formula is C17H26F3N5O5S. The molecule has 2 N–H and O–H groups in total. The molecule has 3 heterocycles. The van der Waals surface area contributed by atoms with Crippen molar-refractivity contribution in [2.24, 2.45) is 0 Å². The fraction of sp³-hybridized carbons (Fsp3) is 0.706. The van der Waals surface area contributed by atoms with Gasteiger partial charge in [0.1, 0.15) is 0 Å². The zero-order valence-electron chi connectivity index (χ0n) is 17.2. The smallest absolute Gasteiger partial charge is 0.475 e. The van der Waals surface area contributed by atoms with Crippen LogP contribution in [-0.4, -0.2) is 89.7 Å². The van der Waals surface area contributed by atoms with E-state index in [-0.39, 0.29) is 11.7 Å². The van der Waals surface area contributed by atoms with Crippen LogP contribution in [0.2, 0.25) is 0 Å². The molecule has 10 nitrogen and oxygen atoms in total. The van der Waals surface area contributed by atoms with Crippen LogP contribution in [0, 0.1) is 0 Å². The molecule has 2 saturated heterocycles. The van der Waals surface area contributed by atoms with Gasteiger partial charge in [-0.05, 0) is 31.7 Å². The highest BCUT2D eigenvalue weighted by molar-refractivity contribution is 7.86. The molecular weight excluding hydrogens is 443 g/mol. The van der Waals surface area contributed by atoms with E-state index in [1.165, 1.54) is 8.61 Å². The molecule has 0 saturated carbocycles. The van der Waals surface area contributed by atoms with E-state index in [9.17, 15) is 21.6 Å². The highest BCUT2D eigenvalue weighted by atomic mass is 32.2. The second-order valence-electron chi connectivity index (χ2n) is 7.45. The van der Waals surface area contributed by atoms with Crippen molar-refractivity contribution in [1.29, 1.82) is 0 Å². The number of ether oxygens (including phenoxy) is 1. The van der Waals surface area contributed by atoms with Gasteiger partial charge in [0, 0.05) is 46.1 Å². The number of alkyl halides is 3. The number of hydrogen-bond donors (Lipinski definition) is 2. The average molecular weight is 469 g/mol. The Balaban J connectivity index is 0.000000423. The molecule has 2 atom stereocenters. The summed E-state index contributed by atoms with van der Waals surface area (Å²) in [7, 11) is -0.245. The first-order chi connectivity index (χ1) is 14.4. The molecule has 31 heavy (non-hydrogen) atoms.